The minimum Gasteiger partial charge on any atom is -0.484 e. The van der Waals surface area contributed by atoms with Gasteiger partial charge in [0, 0.05) is 7.05 Å². The van der Waals surface area contributed by atoms with Crippen molar-refractivity contribution in [2.75, 3.05) is 24.2 Å². The number of carbonyl (C=O) groups excluding carboxylic acids is 1. The summed E-state index contributed by atoms with van der Waals surface area (Å²) in [6.45, 7) is 1.96. The molecule has 1 unspecified atom stereocenters. The molecule has 3 rings (SSSR count). The van der Waals surface area contributed by atoms with Gasteiger partial charge in [0.2, 0.25) is 10.0 Å². The lowest BCUT2D eigenvalue weighted by molar-refractivity contribution is -0.123. The Morgan fingerprint density at radius 3 is 2.40 bits per heavy atom. The number of hydrogen-bond donors (Lipinski definition) is 1. The number of benzene rings is 2. The van der Waals surface area contributed by atoms with Crippen LogP contribution in [0.15, 0.2) is 42.5 Å². The molecule has 1 atom stereocenters. The summed E-state index contributed by atoms with van der Waals surface area (Å²) < 4.78 is 30.0. The molecule has 162 valence electrons. The van der Waals surface area contributed by atoms with Crippen LogP contribution in [0.4, 0.5) is 5.69 Å². The first kappa shape index (κ1) is 22.2. The van der Waals surface area contributed by atoms with Crippen molar-refractivity contribution in [3.63, 3.8) is 0 Å². The Labute approximate surface area is 179 Å². The summed E-state index contributed by atoms with van der Waals surface area (Å²) in [5.74, 6) is 0.328. The summed E-state index contributed by atoms with van der Waals surface area (Å²) in [6, 6.07) is 13.1. The van der Waals surface area contributed by atoms with E-state index >= 15 is 0 Å². The second kappa shape index (κ2) is 9.51. The van der Waals surface area contributed by atoms with Crippen LogP contribution in [0.2, 0.25) is 0 Å². The number of sulfonamides is 1. The second-order valence-electron chi connectivity index (χ2n) is 7.78. The first-order valence-corrected chi connectivity index (χ1v) is 12.2. The van der Waals surface area contributed by atoms with Crippen LogP contribution in [0.3, 0.4) is 0 Å². The topological polar surface area (TPSA) is 75.7 Å². The van der Waals surface area contributed by atoms with E-state index in [0.717, 1.165) is 31.1 Å². The van der Waals surface area contributed by atoms with Crippen LogP contribution in [0.25, 0.3) is 0 Å². The molecule has 0 saturated carbocycles. The van der Waals surface area contributed by atoms with Crippen LogP contribution in [0.5, 0.6) is 5.75 Å². The fraction of sp³-hybridized carbons (Fsp3) is 0.435. The highest BCUT2D eigenvalue weighted by atomic mass is 32.2. The quantitative estimate of drug-likeness (QED) is 0.694. The van der Waals surface area contributed by atoms with Gasteiger partial charge >= 0.3 is 0 Å². The Kier molecular flexibility index (Phi) is 7.02. The highest BCUT2D eigenvalue weighted by molar-refractivity contribution is 7.92. The van der Waals surface area contributed by atoms with E-state index in [0.29, 0.717) is 11.4 Å². The Hall–Kier alpha value is -2.54. The molecule has 0 saturated heterocycles. The molecule has 1 aliphatic carbocycles. The maximum atomic E-state index is 12.4. The van der Waals surface area contributed by atoms with Crippen LogP contribution in [0, 0.1) is 0 Å². The van der Waals surface area contributed by atoms with Crippen molar-refractivity contribution in [3.05, 3.63) is 59.2 Å². The van der Waals surface area contributed by atoms with Gasteiger partial charge in [0.15, 0.2) is 6.61 Å². The molecule has 0 aliphatic heterocycles. The predicted octanol–water partition coefficient (Wildman–Crippen LogP) is 3.61. The molecule has 0 heterocycles. The minimum absolute atomic E-state index is 0.0425. The molecule has 6 nitrogen and oxygen atoms in total. The van der Waals surface area contributed by atoms with Gasteiger partial charge in [-0.15, -0.1) is 0 Å². The summed E-state index contributed by atoms with van der Waals surface area (Å²) in [6.07, 6.45) is 6.69. The lowest BCUT2D eigenvalue weighted by Crippen LogP contribution is -2.32. The third-order valence-corrected chi connectivity index (χ3v) is 6.79. The molecule has 7 heteroatoms. The van der Waals surface area contributed by atoms with Crippen molar-refractivity contribution < 1.29 is 17.9 Å². The van der Waals surface area contributed by atoms with E-state index in [-0.39, 0.29) is 18.6 Å². The molecule has 2 aromatic rings. The maximum Gasteiger partial charge on any atom is 0.258 e. The lowest BCUT2D eigenvalue weighted by atomic mass is 9.89. The van der Waals surface area contributed by atoms with E-state index in [2.05, 4.69) is 30.4 Å². The highest BCUT2D eigenvalue weighted by Crippen LogP contribution is 2.26. The van der Waals surface area contributed by atoms with E-state index in [1.807, 2.05) is 0 Å². The SMILES string of the molecule is CCC(NC(=O)COc1ccc(N(C)S(C)(=O)=O)cc1)c1ccc2c(c1)CCCC2. The number of carbonyl (C=O) groups is 1. The third kappa shape index (κ3) is 5.53. The Morgan fingerprint density at radius 1 is 1.10 bits per heavy atom. The van der Waals surface area contributed by atoms with Crippen molar-refractivity contribution in [1.29, 1.82) is 0 Å². The maximum absolute atomic E-state index is 12.4. The number of anilines is 1. The number of aryl methyl sites for hydroxylation is 2. The van der Waals surface area contributed by atoms with Gasteiger partial charge in [-0.1, -0.05) is 25.1 Å². The molecule has 1 N–H and O–H groups in total. The molecule has 0 radical (unpaired) electrons. The number of fused-ring (bicyclic) bond motifs is 1. The van der Waals surface area contributed by atoms with E-state index in [9.17, 15) is 13.2 Å². The first-order chi connectivity index (χ1) is 14.3. The highest BCUT2D eigenvalue weighted by Gasteiger charge is 2.17. The molecular formula is C23H30N2O4S. The van der Waals surface area contributed by atoms with Crippen molar-refractivity contribution in [1.82, 2.24) is 5.32 Å². The summed E-state index contributed by atoms with van der Waals surface area (Å²) in [4.78, 5) is 12.4. The van der Waals surface area contributed by atoms with Gasteiger partial charge in [-0.2, -0.15) is 0 Å². The van der Waals surface area contributed by atoms with Crippen LogP contribution < -0.4 is 14.4 Å². The Bertz CT molecular complexity index is 987. The molecule has 0 fully saturated rings. The van der Waals surface area contributed by atoms with Gasteiger partial charge in [-0.3, -0.25) is 9.10 Å². The summed E-state index contributed by atoms with van der Waals surface area (Å²) in [5, 5.41) is 3.06. The third-order valence-electron chi connectivity index (χ3n) is 5.59. The van der Waals surface area contributed by atoms with Gasteiger partial charge in [-0.25, -0.2) is 8.42 Å². The summed E-state index contributed by atoms with van der Waals surface area (Å²) in [5.41, 5.74) is 4.51. The number of rotatable bonds is 8. The molecule has 1 aliphatic rings. The van der Waals surface area contributed by atoms with Gasteiger partial charge in [-0.05, 0) is 73.1 Å². The molecular weight excluding hydrogens is 400 g/mol. The smallest absolute Gasteiger partial charge is 0.258 e. The van der Waals surface area contributed by atoms with Crippen molar-refractivity contribution in [3.8, 4) is 5.75 Å². The number of hydrogen-bond acceptors (Lipinski definition) is 4. The molecule has 1 amide bonds. The number of nitrogens with zero attached hydrogens (tertiary/aromatic N) is 1. The van der Waals surface area contributed by atoms with Crippen molar-refractivity contribution in [2.45, 2.75) is 45.1 Å². The van der Waals surface area contributed by atoms with E-state index in [4.69, 9.17) is 4.74 Å². The second-order valence-corrected chi connectivity index (χ2v) is 9.79. The summed E-state index contributed by atoms with van der Waals surface area (Å²) >= 11 is 0. The fourth-order valence-electron chi connectivity index (χ4n) is 3.72. The largest absolute Gasteiger partial charge is 0.484 e. The van der Waals surface area contributed by atoms with Gasteiger partial charge in [0.1, 0.15) is 5.75 Å². The summed E-state index contributed by atoms with van der Waals surface area (Å²) in [7, 11) is -1.82. The van der Waals surface area contributed by atoms with Gasteiger partial charge in [0.05, 0.1) is 18.0 Å². The molecule has 0 bridgehead atoms. The normalized spacial score (nSPS) is 14.5. The zero-order valence-corrected chi connectivity index (χ0v) is 18.7. The average molecular weight is 431 g/mol. The minimum atomic E-state index is -3.31. The molecule has 0 spiro atoms. The monoisotopic (exact) mass is 430 g/mol. The number of ether oxygens (including phenoxy) is 1. The molecule has 0 aromatic heterocycles. The molecule has 2 aromatic carbocycles. The van der Waals surface area contributed by atoms with Gasteiger partial charge in [0.25, 0.3) is 5.91 Å². The molecule has 30 heavy (non-hydrogen) atoms. The zero-order valence-electron chi connectivity index (χ0n) is 17.8. The number of nitrogens with one attached hydrogen (secondary N) is 1. The average Bonchev–Trinajstić information content (AvgIpc) is 2.75. The standard InChI is InChI=1S/C23H30N2O4S/c1-4-22(19-10-9-17-7-5-6-8-18(17)15-19)24-23(26)16-29-21-13-11-20(12-14-21)25(2)30(3,27)28/h9-15,22H,4-8,16H2,1-3H3,(H,24,26). The van der Waals surface area contributed by atoms with Crippen LogP contribution in [-0.2, 0) is 27.7 Å². The van der Waals surface area contributed by atoms with E-state index in [1.165, 1.54) is 35.3 Å². The fourth-order valence-corrected chi connectivity index (χ4v) is 4.22. The van der Waals surface area contributed by atoms with Crippen LogP contribution >= 0.6 is 0 Å². The van der Waals surface area contributed by atoms with Crippen molar-refractivity contribution in [2.24, 2.45) is 0 Å². The van der Waals surface area contributed by atoms with E-state index in [1.54, 1.807) is 24.3 Å². The lowest BCUT2D eigenvalue weighted by Gasteiger charge is -2.22. The van der Waals surface area contributed by atoms with Gasteiger partial charge < -0.3 is 10.1 Å². The zero-order chi connectivity index (χ0) is 21.7. The van der Waals surface area contributed by atoms with Crippen LogP contribution in [-0.4, -0.2) is 34.2 Å². The Morgan fingerprint density at radius 2 is 1.77 bits per heavy atom. The Balaban J connectivity index is 1.57. The number of amides is 1. The van der Waals surface area contributed by atoms with Crippen molar-refractivity contribution >= 4 is 21.6 Å². The predicted molar refractivity (Wildman–Crippen MR) is 119 cm³/mol. The van der Waals surface area contributed by atoms with Crippen LogP contribution in [0.1, 0.15) is 48.9 Å². The van der Waals surface area contributed by atoms with E-state index < -0.39 is 10.0 Å². The first-order valence-electron chi connectivity index (χ1n) is 10.4.